The Hall–Kier alpha value is -5.25. The molecule has 50 heavy (non-hydrogen) atoms. The number of ether oxygens (including phenoxy) is 3. The van der Waals surface area contributed by atoms with Crippen molar-refractivity contribution in [3.05, 3.63) is 82.9 Å². The summed E-state index contributed by atoms with van der Waals surface area (Å²) in [4.78, 5) is 53.5. The van der Waals surface area contributed by atoms with E-state index in [2.05, 4.69) is 10.6 Å². The first-order chi connectivity index (χ1) is 23.8. The molecule has 3 amide bonds. The standard InChI is InChI=1S/C34H36F2N4O9S/c1-4-49-33(43)22-13-14-40(30(22)23-17-20(38-34(44)48-3)7-12-28(23)50(45,46)21-8-9-21)32(42)29(18-5-11-25(36)27(16-18)47-2)39-26-15-19(31(37)41)6-10-24(26)35/h5-7,10-12,15-17,21-22,29-30,39H,4,8-9,13-14H2,1-3H3,(H2,37,41)(H,38,44)/t22-,29+,30+/m0/s1. The maximum absolute atomic E-state index is 15.2. The molecule has 2 aliphatic rings. The molecular weight excluding hydrogens is 678 g/mol. The molecule has 0 unspecified atom stereocenters. The SMILES string of the molecule is CCOC(=O)[C@H]1CCN(C(=O)[C@H](Nc2cc(C(N)=O)ccc2F)c2ccc(F)c(OC)c2)[C@H]1c1cc(NC(=O)OC)ccc1S(=O)(=O)C1CC1. The highest BCUT2D eigenvalue weighted by molar-refractivity contribution is 7.92. The summed E-state index contributed by atoms with van der Waals surface area (Å²) >= 11 is 0. The Bertz CT molecular complexity index is 1940. The van der Waals surface area contributed by atoms with Gasteiger partial charge in [0.1, 0.15) is 11.9 Å². The zero-order valence-corrected chi connectivity index (χ0v) is 28.2. The van der Waals surface area contributed by atoms with Gasteiger partial charge in [0, 0.05) is 17.8 Å². The Morgan fingerprint density at radius 3 is 2.34 bits per heavy atom. The number of primary amides is 1. The fraction of sp³-hybridized carbons (Fsp3) is 0.353. The third kappa shape index (κ3) is 7.34. The summed E-state index contributed by atoms with van der Waals surface area (Å²) in [5, 5.41) is 4.63. The van der Waals surface area contributed by atoms with Gasteiger partial charge in [0.25, 0.3) is 0 Å². The number of methoxy groups -OCH3 is 2. The van der Waals surface area contributed by atoms with Crippen LogP contribution in [0.1, 0.15) is 59.8 Å². The second kappa shape index (κ2) is 14.7. The lowest BCUT2D eigenvalue weighted by atomic mass is 9.92. The number of nitrogens with zero attached hydrogens (tertiary/aromatic N) is 1. The van der Waals surface area contributed by atoms with Gasteiger partial charge in [-0.1, -0.05) is 6.07 Å². The number of benzene rings is 3. The topological polar surface area (TPSA) is 183 Å². The van der Waals surface area contributed by atoms with Crippen molar-refractivity contribution in [3.8, 4) is 5.75 Å². The van der Waals surface area contributed by atoms with Gasteiger partial charge in [0.15, 0.2) is 21.4 Å². The van der Waals surface area contributed by atoms with Crippen LogP contribution in [0.25, 0.3) is 0 Å². The quantitative estimate of drug-likeness (QED) is 0.226. The Balaban J connectivity index is 1.69. The molecule has 0 aromatic heterocycles. The Morgan fingerprint density at radius 2 is 1.70 bits per heavy atom. The van der Waals surface area contributed by atoms with Crippen molar-refractivity contribution < 1.29 is 50.6 Å². The molecule has 4 N–H and O–H groups in total. The van der Waals surface area contributed by atoms with Gasteiger partial charge in [-0.15, -0.1) is 0 Å². The van der Waals surface area contributed by atoms with Crippen molar-refractivity contribution in [1.29, 1.82) is 0 Å². The van der Waals surface area contributed by atoms with E-state index in [1.54, 1.807) is 6.92 Å². The minimum atomic E-state index is -3.95. The van der Waals surface area contributed by atoms with Crippen LogP contribution in [0.2, 0.25) is 0 Å². The van der Waals surface area contributed by atoms with E-state index < -0.39 is 68.6 Å². The van der Waals surface area contributed by atoms with E-state index in [1.807, 2.05) is 0 Å². The minimum absolute atomic E-state index is 0.00218. The number of rotatable bonds is 12. The molecular formula is C34H36F2N4O9S. The van der Waals surface area contributed by atoms with E-state index in [9.17, 15) is 32.0 Å². The van der Waals surface area contributed by atoms with Crippen LogP contribution in [0, 0.1) is 17.6 Å². The summed E-state index contributed by atoms with van der Waals surface area (Å²) in [6, 6.07) is 8.14. The Kier molecular flexibility index (Phi) is 10.6. The van der Waals surface area contributed by atoms with Gasteiger partial charge in [0.05, 0.1) is 48.6 Å². The van der Waals surface area contributed by atoms with Crippen molar-refractivity contribution in [2.45, 2.75) is 48.4 Å². The molecule has 266 valence electrons. The summed E-state index contributed by atoms with van der Waals surface area (Å²) in [6.07, 6.45) is 0.0576. The number of anilines is 2. The van der Waals surface area contributed by atoms with E-state index >= 15 is 4.39 Å². The largest absolute Gasteiger partial charge is 0.494 e. The molecule has 1 saturated carbocycles. The van der Waals surface area contributed by atoms with E-state index in [1.165, 1.54) is 42.3 Å². The highest BCUT2D eigenvalue weighted by Gasteiger charge is 2.48. The van der Waals surface area contributed by atoms with Crippen molar-refractivity contribution in [3.63, 3.8) is 0 Å². The first-order valence-electron chi connectivity index (χ1n) is 15.7. The zero-order chi connectivity index (χ0) is 36.3. The molecule has 3 aromatic rings. The summed E-state index contributed by atoms with van der Waals surface area (Å²) in [5.41, 5.74) is 5.35. The molecule has 3 aromatic carbocycles. The lowest BCUT2D eigenvalue weighted by Gasteiger charge is -2.33. The average Bonchev–Trinajstić information content (AvgIpc) is 3.87. The second-order valence-electron chi connectivity index (χ2n) is 11.8. The number of halogens is 2. The molecule has 0 radical (unpaired) electrons. The van der Waals surface area contributed by atoms with Crippen molar-refractivity contribution in [1.82, 2.24) is 4.90 Å². The Morgan fingerprint density at radius 1 is 0.980 bits per heavy atom. The maximum Gasteiger partial charge on any atom is 0.411 e. The maximum atomic E-state index is 15.2. The number of hydrogen-bond donors (Lipinski definition) is 3. The number of carbonyl (C=O) groups is 4. The van der Waals surface area contributed by atoms with E-state index in [-0.39, 0.29) is 58.3 Å². The number of amides is 3. The summed E-state index contributed by atoms with van der Waals surface area (Å²) in [6.45, 7) is 1.53. The van der Waals surface area contributed by atoms with Gasteiger partial charge in [-0.25, -0.2) is 22.0 Å². The molecule has 3 atom stereocenters. The molecule has 1 heterocycles. The van der Waals surface area contributed by atoms with Crippen LogP contribution >= 0.6 is 0 Å². The van der Waals surface area contributed by atoms with E-state index in [4.69, 9.17) is 19.9 Å². The normalized spacial score (nSPS) is 17.8. The number of sulfone groups is 1. The number of carbonyl (C=O) groups excluding carboxylic acids is 4. The predicted molar refractivity (Wildman–Crippen MR) is 176 cm³/mol. The number of likely N-dealkylation sites (tertiary alicyclic amines) is 1. The number of hydrogen-bond acceptors (Lipinski definition) is 10. The van der Waals surface area contributed by atoms with Crippen LogP contribution in [0.15, 0.2) is 59.5 Å². The van der Waals surface area contributed by atoms with Crippen molar-refractivity contribution in [2.75, 3.05) is 38.0 Å². The van der Waals surface area contributed by atoms with Crippen LogP contribution in [-0.2, 0) is 28.9 Å². The third-order valence-corrected chi connectivity index (χ3v) is 10.9. The third-order valence-electron chi connectivity index (χ3n) is 8.61. The molecule has 1 saturated heterocycles. The Labute approximate surface area is 287 Å². The van der Waals surface area contributed by atoms with Crippen LogP contribution in [0.3, 0.4) is 0 Å². The number of nitrogens with two attached hydrogens (primary N) is 1. The molecule has 1 aliphatic heterocycles. The summed E-state index contributed by atoms with van der Waals surface area (Å²) in [5.74, 6) is -5.18. The molecule has 2 fully saturated rings. The molecule has 0 spiro atoms. The monoisotopic (exact) mass is 714 g/mol. The smallest absolute Gasteiger partial charge is 0.411 e. The van der Waals surface area contributed by atoms with Gasteiger partial charge in [-0.2, -0.15) is 0 Å². The first kappa shape index (κ1) is 36.0. The van der Waals surface area contributed by atoms with Crippen LogP contribution in [0.5, 0.6) is 5.75 Å². The van der Waals surface area contributed by atoms with Gasteiger partial charge in [-0.3, -0.25) is 19.7 Å². The molecule has 5 rings (SSSR count). The first-order valence-corrected chi connectivity index (χ1v) is 17.2. The predicted octanol–water partition coefficient (Wildman–Crippen LogP) is 4.49. The average molecular weight is 715 g/mol. The van der Waals surface area contributed by atoms with E-state index in [0.717, 1.165) is 31.4 Å². The van der Waals surface area contributed by atoms with Gasteiger partial charge < -0.3 is 30.2 Å². The van der Waals surface area contributed by atoms with Gasteiger partial charge >= 0.3 is 12.1 Å². The zero-order valence-electron chi connectivity index (χ0n) is 27.4. The molecule has 13 nitrogen and oxygen atoms in total. The van der Waals surface area contributed by atoms with Crippen LogP contribution in [-0.4, -0.2) is 69.8 Å². The van der Waals surface area contributed by atoms with Crippen molar-refractivity contribution >= 4 is 45.1 Å². The fourth-order valence-electron chi connectivity index (χ4n) is 6.02. The lowest BCUT2D eigenvalue weighted by molar-refractivity contribution is -0.149. The highest BCUT2D eigenvalue weighted by Crippen LogP contribution is 2.46. The van der Waals surface area contributed by atoms with Gasteiger partial charge in [-0.05, 0) is 85.8 Å². The molecule has 16 heteroatoms. The molecule has 0 bridgehead atoms. The van der Waals surface area contributed by atoms with Crippen LogP contribution in [0.4, 0.5) is 25.0 Å². The number of esters is 1. The summed E-state index contributed by atoms with van der Waals surface area (Å²) in [7, 11) is -1.58. The highest BCUT2D eigenvalue weighted by atomic mass is 32.2. The summed E-state index contributed by atoms with van der Waals surface area (Å²) < 4.78 is 72.5. The molecule has 1 aliphatic carbocycles. The van der Waals surface area contributed by atoms with Crippen molar-refractivity contribution in [2.24, 2.45) is 11.7 Å². The van der Waals surface area contributed by atoms with Gasteiger partial charge in [0.2, 0.25) is 11.8 Å². The fourth-order valence-corrected chi connectivity index (χ4v) is 7.90. The second-order valence-corrected chi connectivity index (χ2v) is 14.0. The van der Waals surface area contributed by atoms with E-state index in [0.29, 0.717) is 12.8 Å². The van der Waals surface area contributed by atoms with Crippen LogP contribution < -0.4 is 21.1 Å². The number of nitrogens with one attached hydrogen (secondary N) is 2. The lowest BCUT2D eigenvalue weighted by Crippen LogP contribution is -2.40. The minimum Gasteiger partial charge on any atom is -0.494 e.